The molecule has 8 nitrogen and oxygen atoms in total. The van der Waals surface area contributed by atoms with E-state index in [9.17, 15) is 19.5 Å². The van der Waals surface area contributed by atoms with Crippen molar-refractivity contribution in [3.05, 3.63) is 54.6 Å². The van der Waals surface area contributed by atoms with Gasteiger partial charge in [0.2, 0.25) is 11.8 Å². The minimum absolute atomic E-state index is 0.00542. The number of amides is 3. The third-order valence-corrected chi connectivity index (χ3v) is 8.51. The Kier molecular flexibility index (Phi) is 7.86. The van der Waals surface area contributed by atoms with Crippen LogP contribution in [0.25, 0.3) is 0 Å². The third kappa shape index (κ3) is 4.28. The van der Waals surface area contributed by atoms with Gasteiger partial charge in [-0.3, -0.25) is 14.4 Å². The summed E-state index contributed by atoms with van der Waals surface area (Å²) in [6, 6.07) is 4.96. The molecule has 0 aliphatic carbocycles. The Morgan fingerprint density at radius 2 is 1.89 bits per heavy atom. The van der Waals surface area contributed by atoms with Gasteiger partial charge in [-0.05, 0) is 57.2 Å². The maximum atomic E-state index is 14.5. The van der Waals surface area contributed by atoms with Crippen molar-refractivity contribution in [1.29, 1.82) is 0 Å². The van der Waals surface area contributed by atoms with Gasteiger partial charge in [0, 0.05) is 31.9 Å². The lowest BCUT2D eigenvalue weighted by molar-refractivity contribution is -0.149. The Balaban J connectivity index is 1.81. The number of aryl methyl sites for hydroxylation is 2. The second-order valence-electron chi connectivity index (χ2n) is 11.1. The van der Waals surface area contributed by atoms with E-state index in [-0.39, 0.29) is 37.4 Å². The first kappa shape index (κ1) is 28.0. The lowest BCUT2D eigenvalue weighted by atomic mass is 9.66. The molecular formula is C30H41N3O5. The van der Waals surface area contributed by atoms with Crippen LogP contribution in [0.3, 0.4) is 0 Å². The highest BCUT2D eigenvalue weighted by atomic mass is 16.5. The van der Waals surface area contributed by atoms with E-state index in [4.69, 9.17) is 4.74 Å². The van der Waals surface area contributed by atoms with Crippen molar-refractivity contribution in [2.24, 2.45) is 11.8 Å². The molecule has 1 N–H and O–H groups in total. The van der Waals surface area contributed by atoms with Crippen LogP contribution in [0.5, 0.6) is 0 Å². The number of ether oxygens (including phenoxy) is 1. The van der Waals surface area contributed by atoms with Crippen LogP contribution in [0.15, 0.2) is 43.5 Å². The number of fused-ring (bicyclic) bond motifs is 1. The molecule has 3 fully saturated rings. The number of likely N-dealkylation sites (tertiary alicyclic amines) is 1. The second-order valence-corrected chi connectivity index (χ2v) is 11.1. The van der Waals surface area contributed by atoms with Crippen molar-refractivity contribution < 1.29 is 24.2 Å². The monoisotopic (exact) mass is 523 g/mol. The Morgan fingerprint density at radius 3 is 2.53 bits per heavy atom. The van der Waals surface area contributed by atoms with Crippen molar-refractivity contribution in [3.63, 3.8) is 0 Å². The largest absolute Gasteiger partial charge is 0.395 e. The standard InChI is InChI=1S/C30H41N3O5/c1-7-14-31(15-8-2)26(35)23-24-27(36)33(17-18-34)25(30(24)13-12-29(23,6)38-30)28(37)32(16-9-3)22-19-20(4)10-11-21(22)5/h7,9-11,19,23-25,34H,1,3,8,12-18H2,2,4-6H3/t23-,24+,25?,29+,30?/m1/s1. The number of hydrogen-bond acceptors (Lipinski definition) is 5. The molecule has 206 valence electrons. The smallest absolute Gasteiger partial charge is 0.253 e. The SMILES string of the molecule is C=CCN(CCC)C(=O)[C@H]1[C@H]2C(=O)N(CCO)C(C(=O)N(CC=C)c3cc(C)ccc3C)C23CC[C@]1(C)O3. The average molecular weight is 524 g/mol. The molecule has 2 unspecified atom stereocenters. The zero-order valence-corrected chi connectivity index (χ0v) is 23.1. The lowest BCUT2D eigenvalue weighted by Gasteiger charge is -2.37. The molecular weight excluding hydrogens is 482 g/mol. The van der Waals surface area contributed by atoms with Gasteiger partial charge in [-0.25, -0.2) is 0 Å². The van der Waals surface area contributed by atoms with Gasteiger partial charge in [0.15, 0.2) is 0 Å². The van der Waals surface area contributed by atoms with E-state index < -0.39 is 29.1 Å². The molecule has 0 radical (unpaired) electrons. The van der Waals surface area contributed by atoms with Gasteiger partial charge >= 0.3 is 0 Å². The summed E-state index contributed by atoms with van der Waals surface area (Å²) in [5, 5.41) is 9.91. The van der Waals surface area contributed by atoms with Gasteiger partial charge in [0.25, 0.3) is 5.91 Å². The van der Waals surface area contributed by atoms with E-state index >= 15 is 0 Å². The minimum atomic E-state index is -1.14. The molecule has 1 spiro atoms. The van der Waals surface area contributed by atoms with Gasteiger partial charge in [0.05, 0.1) is 24.0 Å². The molecule has 8 heteroatoms. The first-order valence-corrected chi connectivity index (χ1v) is 13.6. The zero-order chi connectivity index (χ0) is 27.8. The lowest BCUT2D eigenvalue weighted by Crippen LogP contribution is -2.57. The van der Waals surface area contributed by atoms with Crippen molar-refractivity contribution in [2.45, 2.75) is 64.2 Å². The number of aliphatic hydroxyl groups is 1. The molecule has 3 aliphatic heterocycles. The van der Waals surface area contributed by atoms with E-state index in [0.29, 0.717) is 25.9 Å². The van der Waals surface area contributed by atoms with E-state index in [1.54, 1.807) is 22.0 Å². The number of carbonyl (C=O) groups is 3. The van der Waals surface area contributed by atoms with E-state index in [2.05, 4.69) is 13.2 Å². The highest BCUT2D eigenvalue weighted by molar-refractivity contribution is 6.05. The quantitative estimate of drug-likeness (QED) is 0.451. The summed E-state index contributed by atoms with van der Waals surface area (Å²) in [6.07, 6.45) is 5.20. The number of hydrogen-bond donors (Lipinski definition) is 1. The fourth-order valence-electron chi connectivity index (χ4n) is 6.94. The number of rotatable bonds is 11. The summed E-state index contributed by atoms with van der Waals surface area (Å²) in [7, 11) is 0. The fraction of sp³-hybridized carbons (Fsp3) is 0.567. The predicted octanol–water partition coefficient (Wildman–Crippen LogP) is 3.00. The third-order valence-electron chi connectivity index (χ3n) is 8.51. The summed E-state index contributed by atoms with van der Waals surface area (Å²) in [5.74, 6) is -2.21. The van der Waals surface area contributed by atoms with Crippen LogP contribution in [0.1, 0.15) is 44.2 Å². The maximum absolute atomic E-state index is 14.5. The van der Waals surface area contributed by atoms with Crippen LogP contribution in [-0.2, 0) is 19.1 Å². The van der Waals surface area contributed by atoms with Crippen LogP contribution in [-0.4, -0.2) is 82.7 Å². The van der Waals surface area contributed by atoms with E-state index in [1.807, 2.05) is 45.9 Å². The summed E-state index contributed by atoms with van der Waals surface area (Å²) >= 11 is 0. The Morgan fingerprint density at radius 1 is 1.18 bits per heavy atom. The van der Waals surface area contributed by atoms with Crippen molar-refractivity contribution in [1.82, 2.24) is 9.80 Å². The normalized spacial score (nSPS) is 29.3. The van der Waals surface area contributed by atoms with Crippen LogP contribution in [0.2, 0.25) is 0 Å². The van der Waals surface area contributed by atoms with Gasteiger partial charge in [-0.2, -0.15) is 0 Å². The van der Waals surface area contributed by atoms with Crippen LogP contribution >= 0.6 is 0 Å². The molecule has 2 bridgehead atoms. The second kappa shape index (κ2) is 10.7. The molecule has 1 aromatic rings. The molecule has 0 aromatic heterocycles. The maximum Gasteiger partial charge on any atom is 0.253 e. The Labute approximate surface area is 225 Å². The summed E-state index contributed by atoms with van der Waals surface area (Å²) in [4.78, 5) is 47.4. The van der Waals surface area contributed by atoms with Crippen LogP contribution in [0, 0.1) is 25.7 Å². The summed E-state index contributed by atoms with van der Waals surface area (Å²) < 4.78 is 6.72. The molecule has 1 aromatic carbocycles. The topological polar surface area (TPSA) is 90.4 Å². The molecule has 3 heterocycles. The van der Waals surface area contributed by atoms with Gasteiger partial charge in [-0.1, -0.05) is 31.2 Å². The first-order chi connectivity index (χ1) is 18.1. The van der Waals surface area contributed by atoms with Crippen molar-refractivity contribution in [2.75, 3.05) is 37.7 Å². The van der Waals surface area contributed by atoms with E-state index in [1.165, 1.54) is 4.90 Å². The van der Waals surface area contributed by atoms with Gasteiger partial charge in [-0.15, -0.1) is 13.2 Å². The van der Waals surface area contributed by atoms with Gasteiger partial charge in [0.1, 0.15) is 11.6 Å². The molecule has 5 atom stereocenters. The average Bonchev–Trinajstić information content (AvgIpc) is 3.44. The molecule has 38 heavy (non-hydrogen) atoms. The molecule has 4 rings (SSSR count). The minimum Gasteiger partial charge on any atom is -0.395 e. The highest BCUT2D eigenvalue weighted by Crippen LogP contribution is 2.63. The zero-order valence-electron chi connectivity index (χ0n) is 23.1. The number of anilines is 1. The van der Waals surface area contributed by atoms with Crippen LogP contribution in [0.4, 0.5) is 5.69 Å². The fourth-order valence-corrected chi connectivity index (χ4v) is 6.94. The number of nitrogens with zero attached hydrogens (tertiary/aromatic N) is 3. The van der Waals surface area contributed by atoms with Gasteiger partial charge < -0.3 is 24.5 Å². The molecule has 0 saturated carbocycles. The molecule has 3 saturated heterocycles. The molecule has 3 amide bonds. The van der Waals surface area contributed by atoms with Crippen LogP contribution < -0.4 is 4.90 Å². The number of carbonyl (C=O) groups excluding carboxylic acids is 3. The number of aliphatic hydroxyl groups excluding tert-OH is 1. The van der Waals surface area contributed by atoms with E-state index in [0.717, 1.165) is 23.2 Å². The first-order valence-electron chi connectivity index (χ1n) is 13.6. The Bertz CT molecular complexity index is 1130. The number of β-amino-alcohol motifs (C(OH)–C–C–N with tert-alkyl or cyclic N) is 1. The van der Waals surface area contributed by atoms with Crippen molar-refractivity contribution >= 4 is 23.4 Å². The number of benzene rings is 1. The summed E-state index contributed by atoms with van der Waals surface area (Å²) in [6.45, 7) is 16.4. The van der Waals surface area contributed by atoms with Crippen molar-refractivity contribution in [3.8, 4) is 0 Å². The summed E-state index contributed by atoms with van der Waals surface area (Å²) in [5.41, 5.74) is 0.693. The Hall–Kier alpha value is -2.97. The molecule has 3 aliphatic rings. The highest BCUT2D eigenvalue weighted by Gasteiger charge is 2.78. The predicted molar refractivity (Wildman–Crippen MR) is 147 cm³/mol.